The van der Waals surface area contributed by atoms with Crippen LogP contribution < -0.4 is 5.32 Å². The number of rotatable bonds is 8. The molecule has 1 fully saturated rings. The van der Waals surface area contributed by atoms with Gasteiger partial charge in [-0.1, -0.05) is 24.3 Å². The van der Waals surface area contributed by atoms with E-state index < -0.39 is 22.8 Å². The zero-order valence-corrected chi connectivity index (χ0v) is 26.5. The topological polar surface area (TPSA) is 78.4 Å². The average molecular weight is 609 g/mol. The first-order valence-electron chi connectivity index (χ1n) is 15.4. The van der Waals surface area contributed by atoms with Crippen LogP contribution in [0.1, 0.15) is 91.1 Å². The van der Waals surface area contributed by atoms with Gasteiger partial charge in [-0.15, -0.1) is 0 Å². The summed E-state index contributed by atoms with van der Waals surface area (Å²) in [5.41, 5.74) is 4.68. The molecule has 2 aromatic carbocycles. The first-order chi connectivity index (χ1) is 20.5. The van der Waals surface area contributed by atoms with Gasteiger partial charge in [-0.2, -0.15) is 13.2 Å². The Morgan fingerprint density at radius 1 is 1.05 bits per heavy atom. The minimum atomic E-state index is -4.58. The van der Waals surface area contributed by atoms with Crippen LogP contribution in [0.15, 0.2) is 36.5 Å². The highest BCUT2D eigenvalue weighted by Gasteiger charge is 2.40. The predicted octanol–water partition coefficient (Wildman–Crippen LogP) is 6.99. The maximum atomic E-state index is 14.0. The molecule has 6 nitrogen and oxygen atoms in total. The number of benzene rings is 2. The predicted molar refractivity (Wildman–Crippen MR) is 167 cm³/mol. The van der Waals surface area contributed by atoms with E-state index in [0.717, 1.165) is 65.6 Å². The lowest BCUT2D eigenvalue weighted by Gasteiger charge is -2.36. The maximum Gasteiger partial charge on any atom is 0.419 e. The van der Waals surface area contributed by atoms with E-state index in [1.54, 1.807) is 0 Å². The van der Waals surface area contributed by atoms with Crippen LogP contribution in [-0.4, -0.2) is 51.0 Å². The molecule has 5 rings (SSSR count). The molecule has 2 N–H and O–H groups in total. The van der Waals surface area contributed by atoms with Gasteiger partial charge in [0.05, 0.1) is 16.9 Å². The minimum absolute atomic E-state index is 0.0654. The van der Waals surface area contributed by atoms with Crippen molar-refractivity contribution >= 4 is 17.4 Å². The number of piperidine rings is 1. The van der Waals surface area contributed by atoms with Crippen molar-refractivity contribution in [3.63, 3.8) is 0 Å². The quantitative estimate of drug-likeness (QED) is 0.287. The highest BCUT2D eigenvalue weighted by atomic mass is 19.4. The number of aryl methyl sites for hydroxylation is 2. The monoisotopic (exact) mass is 608 g/mol. The van der Waals surface area contributed by atoms with E-state index in [0.29, 0.717) is 25.3 Å². The van der Waals surface area contributed by atoms with Gasteiger partial charge >= 0.3 is 6.18 Å². The van der Waals surface area contributed by atoms with E-state index in [-0.39, 0.29) is 23.8 Å². The van der Waals surface area contributed by atoms with Crippen molar-refractivity contribution in [1.29, 1.82) is 0 Å². The Balaban J connectivity index is 1.35. The Labute approximate surface area is 258 Å². The molecule has 3 aromatic rings. The molecule has 2 aliphatic rings. The van der Waals surface area contributed by atoms with Crippen LogP contribution in [0.4, 0.5) is 24.8 Å². The fourth-order valence-electron chi connectivity index (χ4n) is 6.99. The summed E-state index contributed by atoms with van der Waals surface area (Å²) in [6.45, 7) is 14.0. The van der Waals surface area contributed by atoms with Crippen molar-refractivity contribution < 1.29 is 23.1 Å². The van der Waals surface area contributed by atoms with E-state index in [1.165, 1.54) is 5.56 Å². The molecule has 236 valence electrons. The first-order valence-corrected chi connectivity index (χ1v) is 15.4. The van der Waals surface area contributed by atoms with E-state index in [2.05, 4.69) is 33.2 Å². The Morgan fingerprint density at radius 3 is 2.41 bits per heavy atom. The molecule has 0 amide bonds. The molecule has 2 heterocycles. The van der Waals surface area contributed by atoms with Gasteiger partial charge in [0.15, 0.2) is 0 Å². The highest BCUT2D eigenvalue weighted by Crippen LogP contribution is 2.39. The SMILES string of the molecule is Cc1c(Nc2ncc(C(F)(F)F)c(CCc3cccc4c3C(C)(C)C(=O)C4)n2)ccc(C2CCN(CC(C)(C)O)CC2)c1C. The van der Waals surface area contributed by atoms with Crippen LogP contribution in [0, 0.1) is 13.8 Å². The van der Waals surface area contributed by atoms with Crippen molar-refractivity contribution in [2.24, 2.45) is 0 Å². The number of fused-ring (bicyclic) bond motifs is 1. The van der Waals surface area contributed by atoms with Crippen LogP contribution in [0.25, 0.3) is 0 Å². The summed E-state index contributed by atoms with van der Waals surface area (Å²) in [5, 5.41) is 13.4. The van der Waals surface area contributed by atoms with Crippen LogP contribution in [0.2, 0.25) is 0 Å². The number of nitrogens with one attached hydrogen (secondary N) is 1. The molecule has 0 unspecified atom stereocenters. The number of likely N-dealkylation sites (tertiary alicyclic amines) is 1. The lowest BCUT2D eigenvalue weighted by molar-refractivity contribution is -0.138. The Kier molecular flexibility index (Phi) is 8.68. The number of hydrogen-bond donors (Lipinski definition) is 2. The molecule has 9 heteroatoms. The molecule has 0 atom stereocenters. The summed E-state index contributed by atoms with van der Waals surface area (Å²) in [7, 11) is 0. The summed E-state index contributed by atoms with van der Waals surface area (Å²) in [5.74, 6) is 0.656. The maximum absolute atomic E-state index is 14.0. The number of carbonyl (C=O) groups is 1. The molecule has 44 heavy (non-hydrogen) atoms. The number of halogens is 3. The third-order valence-electron chi connectivity index (χ3n) is 9.43. The molecule has 0 saturated carbocycles. The molecular weight excluding hydrogens is 565 g/mol. The smallest absolute Gasteiger partial charge is 0.389 e. The second kappa shape index (κ2) is 11.9. The van der Waals surface area contributed by atoms with Gasteiger partial charge in [-0.3, -0.25) is 4.79 Å². The number of hydrogen-bond acceptors (Lipinski definition) is 6. The number of β-amino-alcohol motifs (C(OH)–C–C–N with tert-alkyl or cyclic N) is 1. The van der Waals surface area contributed by atoms with E-state index in [9.17, 15) is 23.1 Å². The van der Waals surface area contributed by atoms with E-state index in [1.807, 2.05) is 58.9 Å². The third kappa shape index (κ3) is 6.69. The zero-order valence-electron chi connectivity index (χ0n) is 26.5. The standard InChI is InChI=1S/C35H43F3N4O2/c1-21-22(2)28(13-11-26(21)23-14-16-42(17-15-23)20-33(3,4)44)40-32-39-19-27(35(36,37)38)29(41-32)12-10-24-8-7-9-25-18-30(43)34(5,6)31(24)25/h7-9,11,13,19,23,44H,10,12,14-18,20H2,1-6H3,(H,39,40,41). The number of aromatic nitrogens is 2. The van der Waals surface area contributed by atoms with Gasteiger partial charge in [0.25, 0.3) is 0 Å². The summed E-state index contributed by atoms with van der Waals surface area (Å²) in [4.78, 5) is 23.4. The fourth-order valence-corrected chi connectivity index (χ4v) is 6.99. The van der Waals surface area contributed by atoms with Crippen LogP contribution in [0.3, 0.4) is 0 Å². The van der Waals surface area contributed by atoms with Gasteiger partial charge in [0.2, 0.25) is 5.95 Å². The Morgan fingerprint density at radius 2 is 1.75 bits per heavy atom. The third-order valence-corrected chi connectivity index (χ3v) is 9.43. The number of Topliss-reactive ketones (excluding diaryl/α,β-unsaturated/α-hetero) is 1. The number of alkyl halides is 3. The highest BCUT2D eigenvalue weighted by molar-refractivity contribution is 5.96. The van der Waals surface area contributed by atoms with Crippen LogP contribution in [0.5, 0.6) is 0 Å². The fraction of sp³-hybridized carbons (Fsp3) is 0.514. The lowest BCUT2D eigenvalue weighted by atomic mass is 9.81. The van der Waals surface area contributed by atoms with Gasteiger partial charge in [0.1, 0.15) is 5.78 Å². The largest absolute Gasteiger partial charge is 0.419 e. The number of nitrogens with zero attached hydrogens (tertiary/aromatic N) is 3. The second-order valence-corrected chi connectivity index (χ2v) is 13.7. The molecule has 1 saturated heterocycles. The first kappa shape index (κ1) is 32.1. The summed E-state index contributed by atoms with van der Waals surface area (Å²) >= 11 is 0. The Hall–Kier alpha value is -3.30. The zero-order chi connectivity index (χ0) is 32.0. The van der Waals surface area contributed by atoms with Gasteiger partial charge < -0.3 is 15.3 Å². The van der Waals surface area contributed by atoms with Crippen molar-refractivity contribution in [2.75, 3.05) is 25.0 Å². The van der Waals surface area contributed by atoms with Gasteiger partial charge in [-0.05, 0) is 126 Å². The van der Waals surface area contributed by atoms with E-state index in [4.69, 9.17) is 0 Å². The molecule has 1 aromatic heterocycles. The van der Waals surface area contributed by atoms with E-state index >= 15 is 0 Å². The van der Waals surface area contributed by atoms with Crippen LogP contribution >= 0.6 is 0 Å². The lowest BCUT2D eigenvalue weighted by Crippen LogP contribution is -2.42. The molecule has 0 spiro atoms. The van der Waals surface area contributed by atoms with Crippen molar-refractivity contribution in [2.45, 2.75) is 96.8 Å². The number of ketones is 1. The van der Waals surface area contributed by atoms with Gasteiger partial charge in [0, 0.05) is 30.3 Å². The van der Waals surface area contributed by atoms with Crippen molar-refractivity contribution in [3.8, 4) is 0 Å². The van der Waals surface area contributed by atoms with Gasteiger partial charge in [-0.25, -0.2) is 9.97 Å². The number of carbonyl (C=O) groups excluding carboxylic acids is 1. The molecule has 0 radical (unpaired) electrons. The minimum Gasteiger partial charge on any atom is -0.389 e. The van der Waals surface area contributed by atoms with Crippen molar-refractivity contribution in [1.82, 2.24) is 14.9 Å². The number of anilines is 2. The normalized spacial score (nSPS) is 17.6. The molecule has 1 aliphatic carbocycles. The number of aliphatic hydroxyl groups is 1. The molecular formula is C35H43F3N4O2. The average Bonchev–Trinajstić information content (AvgIpc) is 3.17. The van der Waals surface area contributed by atoms with Crippen LogP contribution in [-0.2, 0) is 35.6 Å². The van der Waals surface area contributed by atoms with Crippen molar-refractivity contribution in [3.05, 3.63) is 81.2 Å². The summed E-state index contributed by atoms with van der Waals surface area (Å²) in [6.07, 6.45) is -0.958. The second-order valence-electron chi connectivity index (χ2n) is 13.7. The summed E-state index contributed by atoms with van der Waals surface area (Å²) < 4.78 is 42.0. The molecule has 1 aliphatic heterocycles. The Bertz CT molecular complexity index is 1550. The molecule has 0 bridgehead atoms. The summed E-state index contributed by atoms with van der Waals surface area (Å²) in [6, 6.07) is 9.76.